The number of fused-ring (bicyclic) bond motifs is 1. The molecule has 0 radical (unpaired) electrons. The molecule has 0 atom stereocenters. The highest BCUT2D eigenvalue weighted by Gasteiger charge is 2.50. The quantitative estimate of drug-likeness (QED) is 0.637. The molecule has 8 heteroatoms. The Morgan fingerprint density at radius 2 is 1.94 bits per heavy atom. The molecule has 3 aliphatic rings. The Labute approximate surface area is 180 Å². The molecule has 0 spiro atoms. The predicted octanol–water partition coefficient (Wildman–Crippen LogP) is 3.32. The average Bonchev–Trinajstić information content (AvgIpc) is 3.62. The van der Waals surface area contributed by atoms with Crippen LogP contribution in [0.15, 0.2) is 6.07 Å². The van der Waals surface area contributed by atoms with E-state index in [1.807, 2.05) is 0 Å². The molecular formula is C23H28F2N2O4. The highest BCUT2D eigenvalue weighted by atomic mass is 19.1. The smallest absolute Gasteiger partial charge is 0.306 e. The van der Waals surface area contributed by atoms with Crippen molar-refractivity contribution in [2.75, 3.05) is 25.1 Å². The Morgan fingerprint density at radius 3 is 2.52 bits per heavy atom. The van der Waals surface area contributed by atoms with Crippen molar-refractivity contribution in [3.63, 3.8) is 0 Å². The molecule has 1 aromatic rings. The van der Waals surface area contributed by atoms with Crippen LogP contribution in [0.25, 0.3) is 0 Å². The molecule has 2 aliphatic carbocycles. The standard InChI is InChI=1S/C23H28F2N2O4/c1-22(2)18-19(25)14(13-4-5-13)10-15(24)20(18)27(21(22)30)12-16(28)26-9-8-23(6-7-23)11-17(29)31-3/h10,13H,4-9,11-12H2,1-3H3,(H,26,28). The average molecular weight is 434 g/mol. The maximum Gasteiger partial charge on any atom is 0.306 e. The molecule has 2 fully saturated rings. The number of halogens is 2. The van der Waals surface area contributed by atoms with Crippen LogP contribution in [-0.4, -0.2) is 38.0 Å². The first kappa shape index (κ1) is 21.7. The highest BCUT2D eigenvalue weighted by molar-refractivity contribution is 6.10. The maximum atomic E-state index is 15.2. The second-order valence-electron chi connectivity index (χ2n) is 9.63. The summed E-state index contributed by atoms with van der Waals surface area (Å²) >= 11 is 0. The molecule has 1 aliphatic heterocycles. The molecule has 1 aromatic carbocycles. The summed E-state index contributed by atoms with van der Waals surface area (Å²) in [6, 6.07) is 1.18. The minimum Gasteiger partial charge on any atom is -0.469 e. The number of ether oxygens (including phenoxy) is 1. The zero-order chi connectivity index (χ0) is 22.6. The van der Waals surface area contributed by atoms with Crippen molar-refractivity contribution in [1.82, 2.24) is 5.32 Å². The number of hydrogen-bond donors (Lipinski definition) is 1. The molecule has 168 valence electrons. The Kier molecular flexibility index (Phi) is 5.30. The lowest BCUT2D eigenvalue weighted by Crippen LogP contribution is -2.43. The molecule has 0 bridgehead atoms. The Hall–Kier alpha value is -2.51. The van der Waals surface area contributed by atoms with Crippen molar-refractivity contribution in [1.29, 1.82) is 0 Å². The van der Waals surface area contributed by atoms with Gasteiger partial charge in [0.25, 0.3) is 0 Å². The zero-order valence-corrected chi connectivity index (χ0v) is 18.1. The topological polar surface area (TPSA) is 75.7 Å². The number of nitrogens with zero attached hydrogens (tertiary/aromatic N) is 1. The van der Waals surface area contributed by atoms with Gasteiger partial charge in [-0.3, -0.25) is 19.3 Å². The molecule has 1 heterocycles. The molecule has 0 saturated heterocycles. The van der Waals surface area contributed by atoms with Crippen molar-refractivity contribution in [2.45, 2.75) is 63.7 Å². The van der Waals surface area contributed by atoms with Gasteiger partial charge in [0, 0.05) is 12.1 Å². The van der Waals surface area contributed by atoms with Gasteiger partial charge in [-0.1, -0.05) is 0 Å². The minimum atomic E-state index is -1.25. The van der Waals surface area contributed by atoms with Crippen molar-refractivity contribution < 1.29 is 27.9 Å². The van der Waals surface area contributed by atoms with E-state index in [1.54, 1.807) is 13.8 Å². The summed E-state index contributed by atoms with van der Waals surface area (Å²) in [7, 11) is 1.35. The molecule has 1 N–H and O–H groups in total. The monoisotopic (exact) mass is 434 g/mol. The van der Waals surface area contributed by atoms with Gasteiger partial charge in [-0.05, 0) is 68.9 Å². The summed E-state index contributed by atoms with van der Waals surface area (Å²) in [5.74, 6) is -2.40. The van der Waals surface area contributed by atoms with Gasteiger partial charge in [0.2, 0.25) is 11.8 Å². The van der Waals surface area contributed by atoms with E-state index in [1.165, 1.54) is 13.2 Å². The number of nitrogens with one attached hydrogen (secondary N) is 1. The number of carbonyl (C=O) groups is 3. The molecule has 2 saturated carbocycles. The van der Waals surface area contributed by atoms with E-state index in [4.69, 9.17) is 4.74 Å². The Balaban J connectivity index is 1.45. The fraction of sp³-hybridized carbons (Fsp3) is 0.609. The molecular weight excluding hydrogens is 406 g/mol. The largest absolute Gasteiger partial charge is 0.469 e. The number of methoxy groups -OCH3 is 1. The third-order valence-corrected chi connectivity index (χ3v) is 6.89. The number of esters is 1. The molecule has 31 heavy (non-hydrogen) atoms. The van der Waals surface area contributed by atoms with Gasteiger partial charge in [-0.15, -0.1) is 0 Å². The maximum absolute atomic E-state index is 15.2. The SMILES string of the molecule is COC(=O)CC1(CCNC(=O)CN2C(=O)C(C)(C)c3c(F)c(C4CC4)cc(F)c32)CC1. The van der Waals surface area contributed by atoms with Crippen LogP contribution in [0, 0.1) is 17.0 Å². The molecule has 4 rings (SSSR count). The van der Waals surface area contributed by atoms with Crippen LogP contribution in [0.1, 0.15) is 69.4 Å². The van der Waals surface area contributed by atoms with E-state index in [0.29, 0.717) is 24.9 Å². The van der Waals surface area contributed by atoms with E-state index in [-0.39, 0.29) is 35.1 Å². The van der Waals surface area contributed by atoms with Gasteiger partial charge in [0.1, 0.15) is 18.2 Å². The normalized spacial score (nSPS) is 20.4. The number of benzene rings is 1. The summed E-state index contributed by atoms with van der Waals surface area (Å²) in [6.07, 6.45) is 4.37. The molecule has 2 amide bonds. The van der Waals surface area contributed by atoms with Crippen LogP contribution < -0.4 is 10.2 Å². The molecule has 0 aromatic heterocycles. The second-order valence-corrected chi connectivity index (χ2v) is 9.63. The van der Waals surface area contributed by atoms with Crippen LogP contribution in [0.3, 0.4) is 0 Å². The van der Waals surface area contributed by atoms with Gasteiger partial charge >= 0.3 is 5.97 Å². The van der Waals surface area contributed by atoms with Gasteiger partial charge in [0.05, 0.1) is 24.6 Å². The summed E-state index contributed by atoms with van der Waals surface area (Å²) in [6.45, 7) is 3.09. The first-order valence-corrected chi connectivity index (χ1v) is 10.8. The van der Waals surface area contributed by atoms with Gasteiger partial charge < -0.3 is 10.1 Å². The lowest BCUT2D eigenvalue weighted by Gasteiger charge is -2.20. The van der Waals surface area contributed by atoms with Gasteiger partial charge in [-0.2, -0.15) is 0 Å². The van der Waals surface area contributed by atoms with Gasteiger partial charge in [-0.25, -0.2) is 8.78 Å². The number of rotatable bonds is 8. The van der Waals surface area contributed by atoms with Crippen LogP contribution in [0.2, 0.25) is 0 Å². The van der Waals surface area contributed by atoms with Gasteiger partial charge in [0.15, 0.2) is 0 Å². The number of hydrogen-bond acceptors (Lipinski definition) is 4. The van der Waals surface area contributed by atoms with E-state index in [9.17, 15) is 18.8 Å². The number of anilines is 1. The lowest BCUT2D eigenvalue weighted by atomic mass is 9.84. The van der Waals surface area contributed by atoms with Crippen LogP contribution >= 0.6 is 0 Å². The zero-order valence-electron chi connectivity index (χ0n) is 18.1. The van der Waals surface area contributed by atoms with E-state index in [0.717, 1.165) is 30.6 Å². The minimum absolute atomic E-state index is 0.00258. The second kappa shape index (κ2) is 7.57. The Bertz CT molecular complexity index is 951. The first-order valence-electron chi connectivity index (χ1n) is 10.8. The van der Waals surface area contributed by atoms with Crippen molar-refractivity contribution >= 4 is 23.5 Å². The third-order valence-electron chi connectivity index (χ3n) is 6.89. The fourth-order valence-corrected chi connectivity index (χ4v) is 4.60. The number of amides is 2. The van der Waals surface area contributed by atoms with Crippen molar-refractivity contribution in [2.24, 2.45) is 5.41 Å². The third kappa shape index (κ3) is 3.92. The van der Waals surface area contributed by atoms with E-state index in [2.05, 4.69) is 5.32 Å². The summed E-state index contributed by atoms with van der Waals surface area (Å²) < 4.78 is 34.9. The summed E-state index contributed by atoms with van der Waals surface area (Å²) in [5, 5.41) is 2.75. The summed E-state index contributed by atoms with van der Waals surface area (Å²) in [4.78, 5) is 38.1. The van der Waals surface area contributed by atoms with Crippen molar-refractivity contribution in [3.8, 4) is 0 Å². The Morgan fingerprint density at radius 1 is 1.26 bits per heavy atom. The van der Waals surface area contributed by atoms with Crippen LogP contribution in [0.4, 0.5) is 14.5 Å². The van der Waals surface area contributed by atoms with E-state index < -0.39 is 28.9 Å². The summed E-state index contributed by atoms with van der Waals surface area (Å²) in [5.41, 5.74) is -1.14. The molecule has 6 nitrogen and oxygen atoms in total. The van der Waals surface area contributed by atoms with Crippen LogP contribution in [-0.2, 0) is 24.5 Å². The molecule has 0 unspecified atom stereocenters. The highest BCUT2D eigenvalue weighted by Crippen LogP contribution is 2.52. The fourth-order valence-electron chi connectivity index (χ4n) is 4.60. The van der Waals surface area contributed by atoms with Crippen LogP contribution in [0.5, 0.6) is 0 Å². The first-order chi connectivity index (χ1) is 14.6. The predicted molar refractivity (Wildman–Crippen MR) is 110 cm³/mol. The van der Waals surface area contributed by atoms with E-state index >= 15 is 4.39 Å². The lowest BCUT2D eigenvalue weighted by molar-refractivity contribution is -0.142. The van der Waals surface area contributed by atoms with Crippen molar-refractivity contribution in [3.05, 3.63) is 28.8 Å². The number of carbonyl (C=O) groups excluding carboxylic acids is 3.